The number of benzene rings is 2. The third-order valence-electron chi connectivity index (χ3n) is 6.12. The van der Waals surface area contributed by atoms with Crippen molar-refractivity contribution >= 4 is 23.2 Å². The minimum Gasteiger partial charge on any atom is -0.369 e. The van der Waals surface area contributed by atoms with E-state index in [1.165, 1.54) is 21.7 Å². The molecule has 1 fully saturated rings. The van der Waals surface area contributed by atoms with E-state index in [0.29, 0.717) is 6.54 Å². The van der Waals surface area contributed by atoms with Gasteiger partial charge in [0.1, 0.15) is 0 Å². The summed E-state index contributed by atoms with van der Waals surface area (Å²) in [4.78, 5) is 31.2. The lowest BCUT2D eigenvalue weighted by Gasteiger charge is -2.37. The summed E-state index contributed by atoms with van der Waals surface area (Å²) in [6, 6.07) is 12.4. The van der Waals surface area contributed by atoms with E-state index in [1.807, 2.05) is 32.0 Å². The fourth-order valence-electron chi connectivity index (χ4n) is 3.90. The average molecular weight is 423 g/mol. The fourth-order valence-corrected chi connectivity index (χ4v) is 3.90. The molecule has 1 N–H and O–H groups in total. The van der Waals surface area contributed by atoms with Crippen LogP contribution in [0.1, 0.15) is 22.3 Å². The first-order valence-electron chi connectivity index (χ1n) is 10.9. The molecule has 6 heteroatoms. The van der Waals surface area contributed by atoms with Gasteiger partial charge in [0.25, 0.3) is 0 Å². The monoisotopic (exact) mass is 422 g/mol. The van der Waals surface area contributed by atoms with E-state index in [9.17, 15) is 9.59 Å². The number of hydrogen-bond acceptors (Lipinski definition) is 4. The smallest absolute Gasteiger partial charge is 0.243 e. The standard InChI is InChI=1S/C25H34N4O2/c1-18-9-10-20(3)22(15-18)26-24(30)16-27(5)25(31)17-28-11-13-29(14-12-28)23-8-6-7-19(2)21(23)4/h6-10,15H,11-14,16-17H2,1-5H3,(H,26,30). The second kappa shape index (κ2) is 9.96. The first-order valence-corrected chi connectivity index (χ1v) is 10.9. The predicted octanol–water partition coefficient (Wildman–Crippen LogP) is 3.14. The minimum absolute atomic E-state index is 0.0312. The molecule has 31 heavy (non-hydrogen) atoms. The Kier molecular flexibility index (Phi) is 7.33. The summed E-state index contributed by atoms with van der Waals surface area (Å²) in [5.74, 6) is -0.208. The first kappa shape index (κ1) is 22.8. The van der Waals surface area contributed by atoms with Crippen molar-refractivity contribution in [2.75, 3.05) is 56.5 Å². The molecule has 2 amide bonds. The summed E-state index contributed by atoms with van der Waals surface area (Å²) >= 11 is 0. The predicted molar refractivity (Wildman–Crippen MR) is 127 cm³/mol. The van der Waals surface area contributed by atoms with Crippen molar-refractivity contribution in [3.05, 3.63) is 58.7 Å². The third kappa shape index (κ3) is 5.85. The SMILES string of the molecule is Cc1ccc(C)c(NC(=O)CN(C)C(=O)CN2CCN(c3cccc(C)c3C)CC2)c1. The molecule has 0 saturated carbocycles. The fraction of sp³-hybridized carbons (Fsp3) is 0.440. The summed E-state index contributed by atoms with van der Waals surface area (Å²) in [5, 5.41) is 2.92. The highest BCUT2D eigenvalue weighted by molar-refractivity contribution is 5.95. The van der Waals surface area contributed by atoms with Crippen molar-refractivity contribution in [2.45, 2.75) is 27.7 Å². The molecule has 0 atom stereocenters. The number of nitrogens with zero attached hydrogens (tertiary/aromatic N) is 3. The molecular formula is C25H34N4O2. The Morgan fingerprint density at radius 1 is 0.968 bits per heavy atom. The Balaban J connectivity index is 1.47. The van der Waals surface area contributed by atoms with E-state index >= 15 is 0 Å². The van der Waals surface area contributed by atoms with E-state index in [4.69, 9.17) is 0 Å². The number of aryl methyl sites for hydroxylation is 3. The van der Waals surface area contributed by atoms with Gasteiger partial charge in [-0.05, 0) is 62.1 Å². The van der Waals surface area contributed by atoms with Gasteiger partial charge in [0.2, 0.25) is 11.8 Å². The molecule has 2 aromatic rings. The molecule has 0 radical (unpaired) electrons. The second-order valence-corrected chi connectivity index (χ2v) is 8.60. The Bertz CT molecular complexity index is 949. The number of amides is 2. The molecule has 1 heterocycles. The van der Waals surface area contributed by atoms with Gasteiger partial charge < -0.3 is 15.1 Å². The van der Waals surface area contributed by atoms with Gasteiger partial charge in [0, 0.05) is 44.6 Å². The van der Waals surface area contributed by atoms with Crippen LogP contribution in [0.25, 0.3) is 0 Å². The Morgan fingerprint density at radius 2 is 1.68 bits per heavy atom. The normalized spacial score (nSPS) is 14.4. The molecule has 3 rings (SSSR count). The maximum absolute atomic E-state index is 12.7. The van der Waals surface area contributed by atoms with Crippen molar-refractivity contribution < 1.29 is 9.59 Å². The van der Waals surface area contributed by atoms with Crippen LogP contribution in [0.5, 0.6) is 0 Å². The summed E-state index contributed by atoms with van der Waals surface area (Å²) in [5.41, 5.74) is 6.80. The first-order chi connectivity index (χ1) is 14.7. The lowest BCUT2D eigenvalue weighted by Crippen LogP contribution is -2.50. The van der Waals surface area contributed by atoms with Crippen LogP contribution in [0.2, 0.25) is 0 Å². The molecule has 0 bridgehead atoms. The number of likely N-dealkylation sites (N-methyl/N-ethyl adjacent to an activating group) is 1. The Morgan fingerprint density at radius 3 is 2.39 bits per heavy atom. The second-order valence-electron chi connectivity index (χ2n) is 8.60. The van der Waals surface area contributed by atoms with Crippen LogP contribution >= 0.6 is 0 Å². The molecule has 1 saturated heterocycles. The lowest BCUT2D eigenvalue weighted by atomic mass is 10.1. The molecule has 2 aromatic carbocycles. The van der Waals surface area contributed by atoms with Crippen molar-refractivity contribution in [3.63, 3.8) is 0 Å². The van der Waals surface area contributed by atoms with Crippen molar-refractivity contribution in [2.24, 2.45) is 0 Å². The summed E-state index contributed by atoms with van der Waals surface area (Å²) in [7, 11) is 1.69. The van der Waals surface area contributed by atoms with E-state index in [1.54, 1.807) is 7.05 Å². The maximum atomic E-state index is 12.7. The zero-order valence-corrected chi connectivity index (χ0v) is 19.4. The zero-order valence-electron chi connectivity index (χ0n) is 19.4. The van der Waals surface area contributed by atoms with Crippen LogP contribution in [0.4, 0.5) is 11.4 Å². The lowest BCUT2D eigenvalue weighted by molar-refractivity contribution is -0.134. The van der Waals surface area contributed by atoms with Crippen LogP contribution in [-0.2, 0) is 9.59 Å². The maximum Gasteiger partial charge on any atom is 0.243 e. The van der Waals surface area contributed by atoms with Crippen LogP contribution in [0.3, 0.4) is 0 Å². The molecular weight excluding hydrogens is 388 g/mol. The molecule has 166 valence electrons. The van der Waals surface area contributed by atoms with Gasteiger partial charge in [-0.15, -0.1) is 0 Å². The molecule has 6 nitrogen and oxygen atoms in total. The highest BCUT2D eigenvalue weighted by atomic mass is 16.2. The summed E-state index contributed by atoms with van der Waals surface area (Å²) in [6.07, 6.45) is 0. The molecule has 1 aliphatic heterocycles. The van der Waals surface area contributed by atoms with Gasteiger partial charge in [-0.2, -0.15) is 0 Å². The van der Waals surface area contributed by atoms with Crippen molar-refractivity contribution in [1.29, 1.82) is 0 Å². The van der Waals surface area contributed by atoms with Gasteiger partial charge in [-0.25, -0.2) is 0 Å². The van der Waals surface area contributed by atoms with E-state index in [2.05, 4.69) is 47.2 Å². The number of nitrogens with one attached hydrogen (secondary N) is 1. The van der Waals surface area contributed by atoms with Crippen LogP contribution < -0.4 is 10.2 Å². The Labute approximate surface area is 185 Å². The number of hydrogen-bond donors (Lipinski definition) is 1. The number of piperazine rings is 1. The van der Waals surface area contributed by atoms with Gasteiger partial charge in [0.05, 0.1) is 13.1 Å². The van der Waals surface area contributed by atoms with Gasteiger partial charge in [-0.1, -0.05) is 24.3 Å². The van der Waals surface area contributed by atoms with Gasteiger partial charge >= 0.3 is 0 Å². The van der Waals surface area contributed by atoms with Crippen LogP contribution in [-0.4, -0.2) is 67.9 Å². The van der Waals surface area contributed by atoms with Crippen LogP contribution in [0.15, 0.2) is 36.4 Å². The number of rotatable bonds is 6. The summed E-state index contributed by atoms with van der Waals surface area (Å²) < 4.78 is 0. The average Bonchev–Trinajstić information content (AvgIpc) is 2.73. The third-order valence-corrected chi connectivity index (χ3v) is 6.12. The highest BCUT2D eigenvalue weighted by Gasteiger charge is 2.22. The summed E-state index contributed by atoms with van der Waals surface area (Å²) in [6.45, 7) is 12.1. The van der Waals surface area contributed by atoms with E-state index < -0.39 is 0 Å². The minimum atomic E-state index is -0.177. The largest absolute Gasteiger partial charge is 0.369 e. The van der Waals surface area contributed by atoms with E-state index in [0.717, 1.165) is 43.0 Å². The van der Waals surface area contributed by atoms with Crippen LogP contribution in [0, 0.1) is 27.7 Å². The molecule has 0 aromatic heterocycles. The molecule has 0 aliphatic carbocycles. The molecule has 0 spiro atoms. The Hall–Kier alpha value is -2.86. The van der Waals surface area contributed by atoms with Gasteiger partial charge in [0.15, 0.2) is 0 Å². The number of carbonyl (C=O) groups excluding carboxylic acids is 2. The quantitative estimate of drug-likeness (QED) is 0.777. The number of carbonyl (C=O) groups is 2. The molecule has 1 aliphatic rings. The topological polar surface area (TPSA) is 55.9 Å². The van der Waals surface area contributed by atoms with Crippen molar-refractivity contribution in [1.82, 2.24) is 9.80 Å². The zero-order chi connectivity index (χ0) is 22.5. The highest BCUT2D eigenvalue weighted by Crippen LogP contribution is 2.23. The number of anilines is 2. The van der Waals surface area contributed by atoms with Crippen molar-refractivity contribution in [3.8, 4) is 0 Å². The van der Waals surface area contributed by atoms with Gasteiger partial charge in [-0.3, -0.25) is 14.5 Å². The van der Waals surface area contributed by atoms with E-state index in [-0.39, 0.29) is 18.4 Å². The molecule has 0 unspecified atom stereocenters.